The van der Waals surface area contributed by atoms with Gasteiger partial charge in [0.1, 0.15) is 27.9 Å². The van der Waals surface area contributed by atoms with Crippen molar-refractivity contribution in [2.75, 3.05) is 19.1 Å². The molecule has 34 heavy (non-hydrogen) atoms. The smallest absolute Gasteiger partial charge is 0.149 e. The summed E-state index contributed by atoms with van der Waals surface area (Å²) >= 11 is 7.85. The van der Waals surface area contributed by atoms with Gasteiger partial charge >= 0.3 is 0 Å². The van der Waals surface area contributed by atoms with Crippen molar-refractivity contribution in [2.45, 2.75) is 45.4 Å². The third kappa shape index (κ3) is 6.84. The Bertz CT molecular complexity index is 1040. The van der Waals surface area contributed by atoms with Gasteiger partial charge in [0, 0.05) is 17.2 Å². The number of halogens is 2. The number of aromatic nitrogens is 3. The summed E-state index contributed by atoms with van der Waals surface area (Å²) in [7, 11) is 0. The Kier molecular flexibility index (Phi) is 9.58. The van der Waals surface area contributed by atoms with Crippen molar-refractivity contribution in [3.63, 3.8) is 0 Å². The molecular formula is C25H31ClIN3O4. The van der Waals surface area contributed by atoms with Gasteiger partial charge in [-0.3, -0.25) is 0 Å². The fraction of sp³-hybridized carbons (Fsp3) is 0.440. The predicted octanol–water partition coefficient (Wildman–Crippen LogP) is 4.39. The molecule has 9 heteroatoms. The highest BCUT2D eigenvalue weighted by Crippen LogP contribution is 2.33. The monoisotopic (exact) mass is 595 g/mol. The highest BCUT2D eigenvalue weighted by Gasteiger charge is 2.23. The summed E-state index contributed by atoms with van der Waals surface area (Å²) in [6.07, 6.45) is -0.785. The Morgan fingerprint density at radius 2 is 1.53 bits per heavy atom. The molecule has 184 valence electrons. The lowest BCUT2D eigenvalue weighted by Crippen LogP contribution is -2.25. The minimum absolute atomic E-state index is 0.105. The Balaban J connectivity index is 1.57. The number of benzene rings is 2. The molecule has 1 heterocycles. The fourth-order valence-electron chi connectivity index (χ4n) is 3.44. The predicted molar refractivity (Wildman–Crippen MR) is 141 cm³/mol. The summed E-state index contributed by atoms with van der Waals surface area (Å²) < 4.78 is 13.7. The van der Waals surface area contributed by atoms with E-state index in [0.717, 1.165) is 11.3 Å². The number of ether oxygens (including phenoxy) is 2. The lowest BCUT2D eigenvalue weighted by molar-refractivity contribution is 0.0866. The molecule has 0 radical (unpaired) electrons. The number of hydrogen-bond acceptors (Lipinski definition) is 6. The van der Waals surface area contributed by atoms with Crippen molar-refractivity contribution in [2.24, 2.45) is 5.92 Å². The number of rotatable bonds is 12. The van der Waals surface area contributed by atoms with Crippen LogP contribution in [-0.4, -0.2) is 50.4 Å². The molecule has 0 aliphatic heterocycles. The number of aliphatic hydroxyl groups excluding tert-OH is 2. The summed E-state index contributed by atoms with van der Waals surface area (Å²) in [6.45, 7) is 7.13. The zero-order valence-corrected chi connectivity index (χ0v) is 22.5. The second kappa shape index (κ2) is 12.2. The number of aliphatic hydroxyl groups is 2. The third-order valence-corrected chi connectivity index (χ3v) is 7.08. The lowest BCUT2D eigenvalue weighted by Gasteiger charge is -2.26. The Morgan fingerprint density at radius 1 is 1.00 bits per heavy atom. The van der Waals surface area contributed by atoms with E-state index in [-0.39, 0.29) is 25.2 Å². The van der Waals surface area contributed by atoms with Crippen LogP contribution in [-0.2, 0) is 18.6 Å². The largest absolute Gasteiger partial charge is 0.493 e. The molecule has 7 nitrogen and oxygen atoms in total. The van der Waals surface area contributed by atoms with Crippen molar-refractivity contribution in [1.29, 1.82) is 0 Å². The van der Waals surface area contributed by atoms with Gasteiger partial charge < -0.3 is 19.7 Å². The molecule has 0 unspecified atom stereocenters. The lowest BCUT2D eigenvalue weighted by atomic mass is 9.78. The Morgan fingerprint density at radius 3 is 2.03 bits per heavy atom. The maximum atomic E-state index is 10.3. The van der Waals surface area contributed by atoms with Crippen molar-refractivity contribution in [3.8, 4) is 11.5 Å². The molecule has 0 aliphatic rings. The van der Waals surface area contributed by atoms with Crippen LogP contribution in [0.15, 0.2) is 48.5 Å². The maximum Gasteiger partial charge on any atom is 0.149 e. The number of nitrogens with zero attached hydrogens (tertiary/aromatic N) is 3. The first-order chi connectivity index (χ1) is 16.2. The summed E-state index contributed by atoms with van der Waals surface area (Å²) in [5, 5.41) is 27.6. The zero-order valence-electron chi connectivity index (χ0n) is 19.6. The molecule has 0 spiro atoms. The second-order valence-electron chi connectivity index (χ2n) is 8.88. The van der Waals surface area contributed by atoms with Gasteiger partial charge in [0.05, 0.1) is 25.5 Å². The van der Waals surface area contributed by atoms with Crippen LogP contribution in [0.25, 0.3) is 0 Å². The summed E-state index contributed by atoms with van der Waals surface area (Å²) in [5.74, 6) is 2.40. The Hall–Kier alpha value is -1.88. The van der Waals surface area contributed by atoms with Crippen molar-refractivity contribution in [3.05, 3.63) is 69.1 Å². The van der Waals surface area contributed by atoms with Crippen LogP contribution in [0.4, 0.5) is 0 Å². The van der Waals surface area contributed by atoms with Gasteiger partial charge in [0.2, 0.25) is 0 Å². The summed E-state index contributed by atoms with van der Waals surface area (Å²) in [6, 6.07) is 16.1. The topological polar surface area (TPSA) is 89.6 Å². The Labute approximate surface area is 219 Å². The minimum atomic E-state index is -0.785. The number of alkyl halides is 1. The van der Waals surface area contributed by atoms with Gasteiger partial charge in [-0.15, -0.1) is 16.7 Å². The van der Waals surface area contributed by atoms with Crippen LogP contribution in [0.3, 0.4) is 0 Å². The normalized spacial score (nSPS) is 13.5. The second-order valence-corrected chi connectivity index (χ2v) is 10.2. The average Bonchev–Trinajstić information content (AvgIpc) is 3.20. The summed E-state index contributed by atoms with van der Waals surface area (Å²) in [4.78, 5) is 0. The molecule has 0 amide bonds. The van der Waals surface area contributed by atoms with E-state index in [1.807, 2.05) is 59.0 Å². The molecule has 0 aliphatic carbocycles. The standard InChI is InChI=1S/C25H31ClIN3O4/c1-17(12-26)15-33-21-8-4-18(5-9-21)25(2,3)19-6-10-22(11-7-19)34-16-20(32)13-30-23(14-31)24(27)28-29-30/h4-11,17,20,31-32H,12-16H2,1-3H3/t17-,20+/m1/s1/i27-4. The van der Waals surface area contributed by atoms with Crippen molar-refractivity contribution >= 4 is 34.2 Å². The number of hydrogen-bond donors (Lipinski definition) is 2. The van der Waals surface area contributed by atoms with E-state index in [9.17, 15) is 10.2 Å². The van der Waals surface area contributed by atoms with E-state index in [2.05, 4.69) is 43.2 Å². The van der Waals surface area contributed by atoms with E-state index in [1.165, 1.54) is 10.2 Å². The van der Waals surface area contributed by atoms with Gasteiger partial charge in [-0.05, 0) is 58.0 Å². The van der Waals surface area contributed by atoms with Crippen molar-refractivity contribution < 1.29 is 19.7 Å². The quantitative estimate of drug-likeness (QED) is 0.239. The van der Waals surface area contributed by atoms with Gasteiger partial charge in [-0.2, -0.15) is 0 Å². The van der Waals surface area contributed by atoms with E-state index in [0.29, 0.717) is 33.5 Å². The first-order valence-electron chi connectivity index (χ1n) is 11.1. The molecule has 0 saturated heterocycles. The SMILES string of the molecule is C[C@H](CCl)COc1ccc(C(C)(C)c2ccc(OC[C@@H](O)Cn3nnc([123I])c3CO)cc2)cc1. The van der Waals surface area contributed by atoms with Crippen LogP contribution in [0, 0.1) is 9.62 Å². The van der Waals surface area contributed by atoms with E-state index in [4.69, 9.17) is 21.1 Å². The van der Waals surface area contributed by atoms with Gasteiger partial charge in [-0.25, -0.2) is 4.68 Å². The van der Waals surface area contributed by atoms with E-state index >= 15 is 0 Å². The molecule has 0 saturated carbocycles. The maximum absolute atomic E-state index is 10.3. The fourth-order valence-corrected chi connectivity index (χ4v) is 4.07. The van der Waals surface area contributed by atoms with Gasteiger partial charge in [0.25, 0.3) is 0 Å². The van der Waals surface area contributed by atoms with Crippen LogP contribution in [0.2, 0.25) is 0 Å². The molecule has 0 bridgehead atoms. The van der Waals surface area contributed by atoms with Crippen molar-refractivity contribution in [1.82, 2.24) is 15.0 Å². The van der Waals surface area contributed by atoms with Crippen LogP contribution in [0.5, 0.6) is 11.5 Å². The molecule has 3 rings (SSSR count). The summed E-state index contributed by atoms with van der Waals surface area (Å²) in [5.41, 5.74) is 2.70. The molecule has 2 aromatic carbocycles. The van der Waals surface area contributed by atoms with Crippen LogP contribution >= 0.6 is 34.2 Å². The minimum Gasteiger partial charge on any atom is -0.493 e. The molecule has 3 aromatic rings. The third-order valence-electron chi connectivity index (χ3n) is 5.72. The van der Waals surface area contributed by atoms with E-state index < -0.39 is 6.10 Å². The first kappa shape index (κ1) is 26.7. The van der Waals surface area contributed by atoms with E-state index in [1.54, 1.807) is 0 Å². The highest BCUT2D eigenvalue weighted by atomic mass is 123. The molecule has 2 N–H and O–H groups in total. The molecular weight excluding hydrogens is 565 g/mol. The van der Waals surface area contributed by atoms with Gasteiger partial charge in [-0.1, -0.05) is 50.3 Å². The van der Waals surface area contributed by atoms with Gasteiger partial charge in [0.15, 0.2) is 0 Å². The van der Waals surface area contributed by atoms with Crippen LogP contribution in [0.1, 0.15) is 37.6 Å². The zero-order chi connectivity index (χ0) is 24.7. The first-order valence-corrected chi connectivity index (χ1v) is 12.7. The average molecular weight is 596 g/mol. The molecule has 1 aromatic heterocycles. The van der Waals surface area contributed by atoms with Crippen LogP contribution < -0.4 is 9.47 Å². The highest BCUT2D eigenvalue weighted by molar-refractivity contribution is 14.1. The molecule has 2 atom stereocenters. The molecule has 0 fully saturated rings.